The summed E-state index contributed by atoms with van der Waals surface area (Å²) in [6.45, 7) is 2.18. The zero-order chi connectivity index (χ0) is 20.9. The molecule has 0 amide bonds. The molecule has 148 valence electrons. The van der Waals surface area contributed by atoms with Gasteiger partial charge in [0, 0.05) is 5.56 Å². The van der Waals surface area contributed by atoms with Crippen LogP contribution >= 0.6 is 17.0 Å². The molecule has 0 aliphatic rings. The summed E-state index contributed by atoms with van der Waals surface area (Å²) in [5.74, 6) is 1.80. The Bertz CT molecular complexity index is 1240. The zero-order valence-electron chi connectivity index (χ0n) is 16.4. The first-order valence-electron chi connectivity index (χ1n) is 9.58. The molecule has 0 radical (unpaired) electrons. The molecule has 0 unspecified atom stereocenters. The molecule has 1 nitrogen and oxygen atoms in total. The van der Waals surface area contributed by atoms with Gasteiger partial charge < -0.3 is 4.42 Å². The average Bonchev–Trinajstić information content (AvgIpc) is 3.43. The zero-order valence-corrected chi connectivity index (χ0v) is 20.4. The molecule has 0 aliphatic heterocycles. The fraction of sp³-hybridized carbons (Fsp3) is 0.0385. The molecule has 0 saturated carbocycles. The van der Waals surface area contributed by atoms with E-state index in [2.05, 4.69) is 79.7 Å². The maximum atomic E-state index is 6.16. The van der Waals surface area contributed by atoms with Crippen LogP contribution in [-0.4, -0.2) is 0 Å². The van der Waals surface area contributed by atoms with Crippen LogP contribution in [0, 0.1) is 6.92 Å². The third-order valence-electron chi connectivity index (χ3n) is 5.11. The molecule has 30 heavy (non-hydrogen) atoms. The number of aryl methyl sites for hydroxylation is 1. The van der Waals surface area contributed by atoms with Gasteiger partial charge in [0.1, 0.15) is 5.76 Å². The van der Waals surface area contributed by atoms with Crippen molar-refractivity contribution in [3.8, 4) is 33.8 Å². The van der Waals surface area contributed by atoms with Crippen molar-refractivity contribution in [3.63, 3.8) is 0 Å². The number of fused-ring (bicyclic) bond motifs is 1. The van der Waals surface area contributed by atoms with E-state index in [1.165, 1.54) is 27.5 Å². The van der Waals surface area contributed by atoms with E-state index in [1.54, 1.807) is 0 Å². The second kappa shape index (κ2) is 9.88. The van der Waals surface area contributed by atoms with Crippen LogP contribution in [0.2, 0.25) is 0 Å². The van der Waals surface area contributed by atoms with Crippen molar-refractivity contribution in [3.05, 3.63) is 103 Å². The standard InChI is InChI=1S/C26H19O.2ClH.Zr/c1-18-12-13-21-16-22(17-23(21)26(18)20-10-6-3-7-11-20)25-15-14-24(27-25)19-8-4-2-5-9-19;;;/h2-17H,1H3;2*1H;/q-1;;;+2/p-2. The van der Waals surface area contributed by atoms with E-state index in [4.69, 9.17) is 21.4 Å². The Morgan fingerprint density at radius 3 is 2.00 bits per heavy atom. The molecule has 0 atom stereocenters. The second-order valence-electron chi connectivity index (χ2n) is 6.97. The molecular weight excluding hydrogens is 490 g/mol. The molecule has 4 aromatic carbocycles. The molecule has 5 rings (SSSR count). The van der Waals surface area contributed by atoms with Gasteiger partial charge in [-0.15, -0.1) is 29.0 Å². The summed E-state index contributed by atoms with van der Waals surface area (Å²) in [6, 6.07) is 33.8. The average molecular weight is 510 g/mol. The van der Waals surface area contributed by atoms with Crippen molar-refractivity contribution in [1.82, 2.24) is 0 Å². The van der Waals surface area contributed by atoms with E-state index in [9.17, 15) is 0 Å². The summed E-state index contributed by atoms with van der Waals surface area (Å²) >= 11 is -0.826. The van der Waals surface area contributed by atoms with Gasteiger partial charge in [0.15, 0.2) is 0 Å². The molecule has 0 bridgehead atoms. The predicted octanol–water partition coefficient (Wildman–Crippen LogP) is 8.84. The first kappa shape index (κ1) is 21.3. The molecule has 5 aromatic rings. The molecule has 0 N–H and O–H groups in total. The third kappa shape index (κ3) is 4.52. The Balaban J connectivity index is 0.000000687. The van der Waals surface area contributed by atoms with Crippen LogP contribution in [0.1, 0.15) is 5.56 Å². The number of furan rings is 1. The summed E-state index contributed by atoms with van der Waals surface area (Å²) in [5.41, 5.74) is 6.06. The maximum absolute atomic E-state index is 6.16. The van der Waals surface area contributed by atoms with Gasteiger partial charge in [0.2, 0.25) is 0 Å². The van der Waals surface area contributed by atoms with E-state index in [1.807, 2.05) is 24.3 Å². The summed E-state index contributed by atoms with van der Waals surface area (Å²) in [5, 5.41) is 2.51. The van der Waals surface area contributed by atoms with Crippen molar-refractivity contribution >= 4 is 27.8 Å². The van der Waals surface area contributed by atoms with E-state index in [0.717, 1.165) is 22.6 Å². The third-order valence-corrected chi connectivity index (χ3v) is 5.11. The van der Waals surface area contributed by atoms with Crippen molar-refractivity contribution in [2.45, 2.75) is 6.92 Å². The number of rotatable bonds is 3. The van der Waals surface area contributed by atoms with Gasteiger partial charge in [-0.1, -0.05) is 77.9 Å². The molecule has 1 aromatic heterocycles. The minimum atomic E-state index is -0.826. The molecule has 0 spiro atoms. The Morgan fingerprint density at radius 1 is 0.733 bits per heavy atom. The summed E-state index contributed by atoms with van der Waals surface area (Å²) < 4.78 is 6.16. The van der Waals surface area contributed by atoms with Crippen LogP contribution in [0.25, 0.3) is 44.5 Å². The van der Waals surface area contributed by atoms with Gasteiger partial charge in [0.25, 0.3) is 0 Å². The fourth-order valence-corrected chi connectivity index (χ4v) is 3.77. The Kier molecular flexibility index (Phi) is 7.00. The van der Waals surface area contributed by atoms with Crippen LogP contribution in [0.5, 0.6) is 0 Å². The van der Waals surface area contributed by atoms with Gasteiger partial charge in [-0.3, -0.25) is 0 Å². The van der Waals surface area contributed by atoms with Gasteiger partial charge in [-0.2, -0.15) is 0 Å². The summed E-state index contributed by atoms with van der Waals surface area (Å²) in [6.07, 6.45) is 0. The van der Waals surface area contributed by atoms with Crippen molar-refractivity contribution < 1.29 is 25.3 Å². The van der Waals surface area contributed by atoms with Gasteiger partial charge in [0.05, 0.1) is 5.76 Å². The first-order chi connectivity index (χ1) is 14.7. The number of benzene rings is 3. The Morgan fingerprint density at radius 2 is 1.33 bits per heavy atom. The fourth-order valence-electron chi connectivity index (χ4n) is 3.77. The topological polar surface area (TPSA) is 13.1 Å². The number of hydrogen-bond acceptors (Lipinski definition) is 1. The Hall–Kier alpha value is -1.99. The van der Waals surface area contributed by atoms with Crippen LogP contribution in [0.4, 0.5) is 0 Å². The van der Waals surface area contributed by atoms with E-state index in [0.29, 0.717) is 0 Å². The summed E-state index contributed by atoms with van der Waals surface area (Å²) in [7, 11) is 9.87. The minimum absolute atomic E-state index is 0.826. The summed E-state index contributed by atoms with van der Waals surface area (Å²) in [4.78, 5) is 0. The van der Waals surface area contributed by atoms with E-state index in [-0.39, 0.29) is 0 Å². The van der Waals surface area contributed by atoms with Crippen molar-refractivity contribution in [2.75, 3.05) is 0 Å². The first-order valence-corrected chi connectivity index (χ1v) is 15.9. The van der Waals surface area contributed by atoms with Gasteiger partial charge >= 0.3 is 37.9 Å². The van der Waals surface area contributed by atoms with Crippen LogP contribution < -0.4 is 0 Å². The molecule has 1 heterocycles. The Labute approximate surface area is 195 Å². The van der Waals surface area contributed by atoms with Crippen LogP contribution in [0.3, 0.4) is 0 Å². The monoisotopic (exact) mass is 507 g/mol. The van der Waals surface area contributed by atoms with Crippen LogP contribution in [0.15, 0.2) is 101 Å². The number of hydrogen-bond donors (Lipinski definition) is 0. The predicted molar refractivity (Wildman–Crippen MR) is 125 cm³/mol. The van der Waals surface area contributed by atoms with E-state index >= 15 is 0 Å². The molecular formula is C26H19Cl2OZr-. The normalized spacial score (nSPS) is 10.5. The van der Waals surface area contributed by atoms with Crippen LogP contribution in [-0.2, 0) is 20.8 Å². The molecule has 4 heteroatoms. The second-order valence-corrected chi connectivity index (χ2v) is 10.7. The molecule has 0 saturated heterocycles. The van der Waals surface area contributed by atoms with E-state index < -0.39 is 20.8 Å². The van der Waals surface area contributed by atoms with Gasteiger partial charge in [-0.25, -0.2) is 0 Å². The quantitative estimate of drug-likeness (QED) is 0.222. The van der Waals surface area contributed by atoms with Crippen molar-refractivity contribution in [2.24, 2.45) is 0 Å². The van der Waals surface area contributed by atoms with Crippen molar-refractivity contribution in [1.29, 1.82) is 0 Å². The SMILES string of the molecule is Cc1ccc2[cH-]c(-c3ccc(-c4ccccc4)o3)cc2c1-c1ccccc1.[Cl][Zr][Cl]. The number of halogens is 2. The molecule has 0 aliphatic carbocycles. The molecule has 0 fully saturated rings. The van der Waals surface area contributed by atoms with Gasteiger partial charge in [-0.05, 0) is 30.2 Å².